The van der Waals surface area contributed by atoms with Crippen LogP contribution in [0.2, 0.25) is 5.02 Å². The van der Waals surface area contributed by atoms with Crippen LogP contribution in [0.25, 0.3) is 33.3 Å². The molecule has 0 radical (unpaired) electrons. The van der Waals surface area contributed by atoms with Gasteiger partial charge in [-0.2, -0.15) is 5.10 Å². The lowest BCUT2D eigenvalue weighted by molar-refractivity contribution is 0.516. The molecule has 0 amide bonds. The molecule has 2 aromatic carbocycles. The van der Waals surface area contributed by atoms with Crippen molar-refractivity contribution in [1.82, 2.24) is 25.1 Å². The molecule has 6 nitrogen and oxygen atoms in total. The van der Waals surface area contributed by atoms with Crippen molar-refractivity contribution >= 4 is 39.5 Å². The molecule has 35 heavy (non-hydrogen) atoms. The summed E-state index contributed by atoms with van der Waals surface area (Å²) in [5.41, 5.74) is 4.65. The fourth-order valence-corrected chi connectivity index (χ4v) is 6.88. The highest BCUT2D eigenvalue weighted by atomic mass is 35.5. The highest BCUT2D eigenvalue weighted by molar-refractivity contribution is 6.38. The third-order valence-electron chi connectivity index (χ3n) is 8.30. The van der Waals surface area contributed by atoms with E-state index in [1.165, 1.54) is 0 Å². The minimum Gasteiger partial charge on any atom is -0.361 e. The van der Waals surface area contributed by atoms with Gasteiger partial charge in [0.2, 0.25) is 5.65 Å². The number of benzene rings is 2. The first-order chi connectivity index (χ1) is 17.1. The molecule has 1 saturated carbocycles. The van der Waals surface area contributed by atoms with Gasteiger partial charge in [-0.1, -0.05) is 36.7 Å². The van der Waals surface area contributed by atoms with Gasteiger partial charge in [-0.25, -0.2) is 14.4 Å². The van der Waals surface area contributed by atoms with E-state index in [1.54, 1.807) is 12.1 Å². The van der Waals surface area contributed by atoms with E-state index < -0.39 is 0 Å². The molecule has 2 aliphatic rings. The van der Waals surface area contributed by atoms with Crippen LogP contribution in [0.3, 0.4) is 0 Å². The van der Waals surface area contributed by atoms with Gasteiger partial charge < -0.3 is 9.88 Å². The predicted octanol–water partition coefficient (Wildman–Crippen LogP) is 6.10. The average Bonchev–Trinajstić information content (AvgIpc) is 3.18. The Bertz CT molecular complexity index is 1590. The molecule has 1 aliphatic carbocycles. The molecule has 1 aliphatic heterocycles. The van der Waals surface area contributed by atoms with Gasteiger partial charge in [-0.15, -0.1) is 0 Å². The molecule has 176 valence electrons. The van der Waals surface area contributed by atoms with Gasteiger partial charge in [0.15, 0.2) is 0 Å². The van der Waals surface area contributed by atoms with Gasteiger partial charge in [0.05, 0.1) is 16.9 Å². The summed E-state index contributed by atoms with van der Waals surface area (Å²) < 4.78 is 14.7. The molecule has 3 aromatic heterocycles. The van der Waals surface area contributed by atoms with E-state index in [-0.39, 0.29) is 11.2 Å². The lowest BCUT2D eigenvalue weighted by atomic mass is 9.88. The van der Waals surface area contributed by atoms with E-state index in [1.807, 2.05) is 42.7 Å². The number of nitrogens with zero attached hydrogens (tertiary/aromatic N) is 4. The van der Waals surface area contributed by atoms with Crippen molar-refractivity contribution in [3.05, 3.63) is 71.3 Å². The molecule has 0 spiro atoms. The van der Waals surface area contributed by atoms with Crippen LogP contribution in [0.1, 0.15) is 25.3 Å². The molecule has 5 aromatic rings. The second kappa shape index (κ2) is 7.52. The summed E-state index contributed by atoms with van der Waals surface area (Å²) in [6.45, 7) is 3.91. The number of hydrogen-bond acceptors (Lipinski definition) is 4. The number of nitrogens with one attached hydrogen (secondary N) is 2. The molecule has 3 atom stereocenters. The third kappa shape index (κ3) is 2.91. The minimum atomic E-state index is -0.0861. The first-order valence-corrected chi connectivity index (χ1v) is 12.5. The Morgan fingerprint density at radius 3 is 2.91 bits per heavy atom. The lowest BCUT2D eigenvalue weighted by Crippen LogP contribution is -2.32. The molecule has 8 heteroatoms. The Labute approximate surface area is 206 Å². The average molecular weight is 487 g/mol. The third-order valence-corrected chi connectivity index (χ3v) is 8.71. The zero-order chi connectivity index (χ0) is 23.7. The topological polar surface area (TPSA) is 73.5 Å². The summed E-state index contributed by atoms with van der Waals surface area (Å²) in [4.78, 5) is 15.0. The molecule has 4 heterocycles. The van der Waals surface area contributed by atoms with E-state index in [4.69, 9.17) is 21.6 Å². The van der Waals surface area contributed by atoms with Crippen molar-refractivity contribution in [3.8, 4) is 11.3 Å². The smallest absolute Gasteiger partial charge is 0.202 e. The molecule has 1 saturated heterocycles. The van der Waals surface area contributed by atoms with Crippen molar-refractivity contribution in [2.75, 3.05) is 18.0 Å². The quantitative estimate of drug-likeness (QED) is 0.322. The number of halogens is 2. The summed E-state index contributed by atoms with van der Waals surface area (Å²) in [6, 6.07) is 13.2. The number of rotatable bonds is 4. The normalized spacial score (nSPS) is 23.7. The first kappa shape index (κ1) is 20.9. The number of anilines is 1. The van der Waals surface area contributed by atoms with Crippen molar-refractivity contribution in [3.63, 3.8) is 0 Å². The molecule has 7 rings (SSSR count). The summed E-state index contributed by atoms with van der Waals surface area (Å²) in [6.07, 6.45) is 5.66. The summed E-state index contributed by atoms with van der Waals surface area (Å²) in [5.74, 6) is 1.65. The molecular weight excluding hydrogens is 463 g/mol. The van der Waals surface area contributed by atoms with Crippen LogP contribution in [0.4, 0.5) is 10.2 Å². The number of hydrogen-bond donors (Lipinski definition) is 2. The minimum absolute atomic E-state index is 0.0786. The van der Waals surface area contributed by atoms with Gasteiger partial charge in [-0.3, -0.25) is 5.10 Å². The van der Waals surface area contributed by atoms with Crippen LogP contribution in [-0.4, -0.2) is 38.2 Å². The van der Waals surface area contributed by atoms with Gasteiger partial charge in [0, 0.05) is 41.2 Å². The number of piperidine rings is 1. The monoisotopic (exact) mass is 486 g/mol. The van der Waals surface area contributed by atoms with E-state index in [9.17, 15) is 4.39 Å². The standard InChI is InChI=1S/C27H24ClFN6/c1-2-27(18-5-3-4-6-20(18)29)17-10-12-35(14-19(17)27)22-13-31-25-24(33-34-26(25)32-22)16-7-8-21-15(23(16)28)9-11-30-21/h3-9,11,13,17,19,30H,2,10,12,14H2,1H3,(H,32,33,34)/t17-,19+,27-/m1/s1. The van der Waals surface area contributed by atoms with Crippen LogP contribution in [-0.2, 0) is 5.41 Å². The van der Waals surface area contributed by atoms with Crippen LogP contribution in [0.15, 0.2) is 54.9 Å². The number of aromatic nitrogens is 5. The van der Waals surface area contributed by atoms with Crippen molar-refractivity contribution in [2.45, 2.75) is 25.2 Å². The van der Waals surface area contributed by atoms with Crippen LogP contribution in [0, 0.1) is 17.7 Å². The molecule has 2 fully saturated rings. The van der Waals surface area contributed by atoms with E-state index in [0.29, 0.717) is 28.0 Å². The van der Waals surface area contributed by atoms with Crippen molar-refractivity contribution < 1.29 is 4.39 Å². The largest absolute Gasteiger partial charge is 0.361 e. The maximum Gasteiger partial charge on any atom is 0.202 e. The predicted molar refractivity (Wildman–Crippen MR) is 136 cm³/mol. The van der Waals surface area contributed by atoms with E-state index >= 15 is 0 Å². The molecular formula is C27H24ClFN6. The summed E-state index contributed by atoms with van der Waals surface area (Å²) >= 11 is 6.70. The summed E-state index contributed by atoms with van der Waals surface area (Å²) in [5, 5.41) is 9.16. The second-order valence-electron chi connectivity index (χ2n) is 9.69. The molecule has 0 unspecified atom stereocenters. The Morgan fingerprint density at radius 2 is 2.06 bits per heavy atom. The number of aromatic amines is 2. The van der Waals surface area contributed by atoms with Crippen LogP contribution in [0.5, 0.6) is 0 Å². The second-order valence-corrected chi connectivity index (χ2v) is 10.1. The van der Waals surface area contributed by atoms with E-state index in [2.05, 4.69) is 27.0 Å². The summed E-state index contributed by atoms with van der Waals surface area (Å²) in [7, 11) is 0. The Kier molecular flexibility index (Phi) is 4.49. The number of fused-ring (bicyclic) bond motifs is 3. The van der Waals surface area contributed by atoms with Crippen LogP contribution >= 0.6 is 11.6 Å². The maximum atomic E-state index is 14.7. The SMILES string of the molecule is CC[C@]1(c2ccccc2F)[C@@H]2CCN(c3cnc4c(-c5ccc6[nH]ccc6c5Cl)[nH]nc4n3)C[C@@H]21. The fourth-order valence-electron chi connectivity index (χ4n) is 6.55. The highest BCUT2D eigenvalue weighted by Gasteiger charge is 2.65. The zero-order valence-electron chi connectivity index (χ0n) is 19.2. The van der Waals surface area contributed by atoms with Gasteiger partial charge in [0.1, 0.15) is 17.2 Å². The van der Waals surface area contributed by atoms with Crippen LogP contribution < -0.4 is 4.90 Å². The van der Waals surface area contributed by atoms with Crippen molar-refractivity contribution in [2.24, 2.45) is 11.8 Å². The highest BCUT2D eigenvalue weighted by Crippen LogP contribution is 2.65. The first-order valence-electron chi connectivity index (χ1n) is 12.1. The zero-order valence-corrected chi connectivity index (χ0v) is 20.0. The fraction of sp³-hybridized carbons (Fsp3) is 0.296. The molecule has 0 bridgehead atoms. The van der Waals surface area contributed by atoms with Gasteiger partial charge in [-0.05, 0) is 54.5 Å². The Morgan fingerprint density at radius 1 is 1.17 bits per heavy atom. The Balaban J connectivity index is 1.20. The lowest BCUT2D eigenvalue weighted by Gasteiger charge is -2.26. The van der Waals surface area contributed by atoms with E-state index in [0.717, 1.165) is 59.5 Å². The number of H-pyrrole nitrogens is 2. The van der Waals surface area contributed by atoms with Crippen molar-refractivity contribution in [1.29, 1.82) is 0 Å². The molecule has 2 N–H and O–H groups in total. The Hall–Kier alpha value is -3.45. The maximum absolute atomic E-state index is 14.7. The van der Waals surface area contributed by atoms with Gasteiger partial charge >= 0.3 is 0 Å². The van der Waals surface area contributed by atoms with Gasteiger partial charge in [0.25, 0.3) is 0 Å².